The van der Waals surface area contributed by atoms with Crippen molar-refractivity contribution in [2.75, 3.05) is 6.54 Å². The molecular formula is C14H28N2. The molecule has 1 aliphatic carbocycles. The summed E-state index contributed by atoms with van der Waals surface area (Å²) >= 11 is 0. The summed E-state index contributed by atoms with van der Waals surface area (Å²) in [6.45, 7) is 5.91. The molecule has 0 amide bonds. The van der Waals surface area contributed by atoms with Crippen LogP contribution >= 0.6 is 0 Å². The van der Waals surface area contributed by atoms with Crippen molar-refractivity contribution >= 4 is 0 Å². The monoisotopic (exact) mass is 224 g/mol. The average molecular weight is 224 g/mol. The van der Waals surface area contributed by atoms with Crippen LogP contribution in [0.2, 0.25) is 0 Å². The molecule has 2 aliphatic rings. The van der Waals surface area contributed by atoms with E-state index in [0.29, 0.717) is 6.04 Å². The molecule has 1 saturated carbocycles. The number of hydrogen-bond acceptors (Lipinski definition) is 2. The van der Waals surface area contributed by atoms with Crippen molar-refractivity contribution < 1.29 is 0 Å². The molecule has 1 saturated heterocycles. The predicted molar refractivity (Wildman–Crippen MR) is 69.4 cm³/mol. The van der Waals surface area contributed by atoms with Gasteiger partial charge in [0.2, 0.25) is 0 Å². The number of hydrogen-bond donors (Lipinski definition) is 1. The first-order chi connectivity index (χ1) is 7.76. The molecule has 2 heteroatoms. The second-order valence-electron chi connectivity index (χ2n) is 5.83. The number of unbranched alkanes of at least 4 members (excludes halogenated alkanes) is 1. The van der Waals surface area contributed by atoms with E-state index in [1.807, 2.05) is 0 Å². The van der Waals surface area contributed by atoms with Crippen molar-refractivity contribution in [3.63, 3.8) is 0 Å². The fraction of sp³-hybridized carbons (Fsp3) is 1.00. The third-order valence-electron chi connectivity index (χ3n) is 4.62. The molecular weight excluding hydrogens is 196 g/mol. The van der Waals surface area contributed by atoms with Crippen LogP contribution in [-0.2, 0) is 0 Å². The van der Waals surface area contributed by atoms with Crippen LogP contribution in [0.5, 0.6) is 0 Å². The van der Waals surface area contributed by atoms with Crippen molar-refractivity contribution in [3.05, 3.63) is 0 Å². The van der Waals surface area contributed by atoms with Gasteiger partial charge in [-0.25, -0.2) is 0 Å². The Morgan fingerprint density at radius 3 is 2.50 bits per heavy atom. The lowest BCUT2D eigenvalue weighted by molar-refractivity contribution is 0.124. The normalized spacial score (nSPS) is 35.8. The zero-order chi connectivity index (χ0) is 11.5. The first kappa shape index (κ1) is 12.4. The zero-order valence-corrected chi connectivity index (χ0v) is 11.0. The summed E-state index contributed by atoms with van der Waals surface area (Å²) in [5, 5.41) is 0. The summed E-state index contributed by atoms with van der Waals surface area (Å²) in [6, 6.07) is 2.19. The minimum Gasteiger partial charge on any atom is -0.327 e. The van der Waals surface area contributed by atoms with Crippen molar-refractivity contribution in [1.82, 2.24) is 4.90 Å². The highest BCUT2D eigenvalue weighted by Crippen LogP contribution is 2.39. The molecule has 0 aromatic rings. The van der Waals surface area contributed by atoms with E-state index in [1.165, 1.54) is 51.5 Å². The van der Waals surface area contributed by atoms with Gasteiger partial charge in [-0.2, -0.15) is 0 Å². The Labute approximate surface area is 101 Å². The highest BCUT2D eigenvalue weighted by Gasteiger charge is 2.44. The van der Waals surface area contributed by atoms with Gasteiger partial charge in [-0.05, 0) is 31.6 Å². The lowest BCUT2D eigenvalue weighted by atomic mass is 9.98. The first-order valence-corrected chi connectivity index (χ1v) is 7.27. The summed E-state index contributed by atoms with van der Waals surface area (Å²) in [5.74, 6) is 0.811. The Bertz CT molecular complexity index is 215. The lowest BCUT2D eigenvalue weighted by Gasteiger charge is -2.36. The summed E-state index contributed by atoms with van der Waals surface area (Å²) < 4.78 is 0. The molecule has 16 heavy (non-hydrogen) atoms. The van der Waals surface area contributed by atoms with Crippen LogP contribution in [0, 0.1) is 5.92 Å². The third-order valence-corrected chi connectivity index (χ3v) is 4.62. The summed E-state index contributed by atoms with van der Waals surface area (Å²) in [4.78, 5) is 2.80. The number of nitrogens with zero attached hydrogens (tertiary/aromatic N) is 1. The van der Waals surface area contributed by atoms with E-state index in [9.17, 15) is 0 Å². The van der Waals surface area contributed by atoms with Crippen molar-refractivity contribution in [2.45, 2.75) is 76.9 Å². The maximum atomic E-state index is 6.13. The second kappa shape index (κ2) is 5.50. The molecule has 0 aromatic carbocycles. The van der Waals surface area contributed by atoms with Gasteiger partial charge in [0.1, 0.15) is 0 Å². The van der Waals surface area contributed by atoms with Gasteiger partial charge in [0.25, 0.3) is 0 Å². The summed E-state index contributed by atoms with van der Waals surface area (Å²) in [5.41, 5.74) is 6.13. The van der Waals surface area contributed by atoms with Crippen molar-refractivity contribution in [3.8, 4) is 0 Å². The molecule has 0 radical (unpaired) electrons. The zero-order valence-electron chi connectivity index (χ0n) is 11.0. The number of fused-ring (bicyclic) bond motifs is 2. The Balaban J connectivity index is 1.89. The van der Waals surface area contributed by atoms with Gasteiger partial charge >= 0.3 is 0 Å². The molecule has 0 spiro atoms. The van der Waals surface area contributed by atoms with E-state index in [-0.39, 0.29) is 0 Å². The van der Waals surface area contributed by atoms with E-state index >= 15 is 0 Å². The molecule has 1 heterocycles. The van der Waals surface area contributed by atoms with E-state index in [4.69, 9.17) is 5.73 Å². The first-order valence-electron chi connectivity index (χ1n) is 7.27. The van der Waals surface area contributed by atoms with Gasteiger partial charge in [-0.3, -0.25) is 4.90 Å². The van der Waals surface area contributed by atoms with Gasteiger partial charge in [0, 0.05) is 24.7 Å². The SMILES string of the molecule is CCCCC(CCC)N1C[C@@H]2C[C@H]1C[C@@H]2N. The van der Waals surface area contributed by atoms with Crippen LogP contribution < -0.4 is 5.73 Å². The van der Waals surface area contributed by atoms with Crippen molar-refractivity contribution in [1.29, 1.82) is 0 Å². The lowest BCUT2D eigenvalue weighted by Crippen LogP contribution is -2.46. The fourth-order valence-corrected chi connectivity index (χ4v) is 3.72. The number of nitrogens with two attached hydrogens (primary N) is 1. The fourth-order valence-electron chi connectivity index (χ4n) is 3.72. The Morgan fingerprint density at radius 2 is 2.00 bits per heavy atom. The summed E-state index contributed by atoms with van der Waals surface area (Å²) in [7, 11) is 0. The molecule has 1 unspecified atom stereocenters. The topological polar surface area (TPSA) is 29.3 Å². The molecule has 94 valence electrons. The van der Waals surface area contributed by atoms with Crippen LogP contribution in [0.1, 0.15) is 58.8 Å². The molecule has 2 rings (SSSR count). The van der Waals surface area contributed by atoms with E-state index < -0.39 is 0 Å². The van der Waals surface area contributed by atoms with Gasteiger partial charge in [0.05, 0.1) is 0 Å². The highest BCUT2D eigenvalue weighted by molar-refractivity contribution is 5.01. The molecule has 2 nitrogen and oxygen atoms in total. The average Bonchev–Trinajstić information content (AvgIpc) is 2.82. The Kier molecular flexibility index (Phi) is 4.26. The van der Waals surface area contributed by atoms with Crippen LogP contribution in [0.25, 0.3) is 0 Å². The maximum Gasteiger partial charge on any atom is 0.0117 e. The van der Waals surface area contributed by atoms with Gasteiger partial charge in [-0.1, -0.05) is 33.1 Å². The summed E-state index contributed by atoms with van der Waals surface area (Å²) in [6.07, 6.45) is 9.49. The third kappa shape index (κ3) is 2.43. The largest absolute Gasteiger partial charge is 0.327 e. The van der Waals surface area contributed by atoms with Crippen LogP contribution in [0.15, 0.2) is 0 Å². The smallest absolute Gasteiger partial charge is 0.0117 e. The molecule has 0 aromatic heterocycles. The van der Waals surface area contributed by atoms with Crippen molar-refractivity contribution in [2.24, 2.45) is 11.7 Å². The Hall–Kier alpha value is -0.0800. The molecule has 4 atom stereocenters. The van der Waals surface area contributed by atoms with E-state index in [0.717, 1.165) is 18.0 Å². The van der Waals surface area contributed by atoms with Crippen LogP contribution in [0.3, 0.4) is 0 Å². The maximum absolute atomic E-state index is 6.13. The minimum atomic E-state index is 0.509. The van der Waals surface area contributed by atoms with Gasteiger partial charge < -0.3 is 5.73 Å². The van der Waals surface area contributed by atoms with Gasteiger partial charge in [0.15, 0.2) is 0 Å². The second-order valence-corrected chi connectivity index (χ2v) is 5.83. The van der Waals surface area contributed by atoms with Gasteiger partial charge in [-0.15, -0.1) is 0 Å². The molecule has 2 N–H and O–H groups in total. The molecule has 2 bridgehead atoms. The minimum absolute atomic E-state index is 0.509. The van der Waals surface area contributed by atoms with Crippen LogP contribution in [0.4, 0.5) is 0 Å². The van der Waals surface area contributed by atoms with E-state index in [1.54, 1.807) is 0 Å². The highest BCUT2D eigenvalue weighted by atomic mass is 15.2. The Morgan fingerprint density at radius 1 is 1.19 bits per heavy atom. The quantitative estimate of drug-likeness (QED) is 0.751. The molecule has 2 fully saturated rings. The standard InChI is InChI=1S/C14H28N2/c1-3-5-7-12(6-4-2)16-10-11-8-13(16)9-14(11)15/h11-14H,3-10,15H2,1-2H3/t11-,12?,13-,14-/m0/s1. The number of rotatable bonds is 6. The number of likely N-dealkylation sites (tertiary alicyclic amines) is 1. The van der Waals surface area contributed by atoms with E-state index in [2.05, 4.69) is 18.7 Å². The number of piperidine rings is 1. The predicted octanol–water partition coefficient (Wildman–Crippen LogP) is 2.77. The van der Waals surface area contributed by atoms with Crippen LogP contribution in [-0.4, -0.2) is 29.6 Å². The molecule has 1 aliphatic heterocycles.